The Balaban J connectivity index is 2.45. The van der Waals surface area contributed by atoms with E-state index in [0.717, 1.165) is 11.3 Å². The molecule has 10 heteroatoms. The number of hydrogen-bond donors (Lipinski definition) is 1. The van der Waals surface area contributed by atoms with Crippen LogP contribution >= 0.6 is 11.3 Å². The van der Waals surface area contributed by atoms with Gasteiger partial charge < -0.3 is 4.74 Å². The number of rotatable bonds is 5. The quantitative estimate of drug-likeness (QED) is 0.638. The second kappa shape index (κ2) is 6.81. The van der Waals surface area contributed by atoms with E-state index in [1.807, 2.05) is 4.72 Å². The third-order valence-corrected chi connectivity index (χ3v) is 5.48. The Morgan fingerprint density at radius 2 is 1.92 bits per heavy atom. The van der Waals surface area contributed by atoms with E-state index in [1.165, 1.54) is 5.38 Å². The van der Waals surface area contributed by atoms with Crippen molar-refractivity contribution in [3.05, 3.63) is 46.1 Å². The first-order valence-electron chi connectivity index (χ1n) is 6.60. The Hall–Kier alpha value is -2.07. The standard InChI is InChI=1S/C14H12F3NO4S2/c1-3-22-14(19)10-7(2)6-23-13(10)18-24(20,21)9-5-4-8(15)11(16)12(9)17/h4-6,18H,3H2,1-2H3. The lowest BCUT2D eigenvalue weighted by atomic mass is 10.2. The first-order chi connectivity index (χ1) is 11.2. The molecule has 0 saturated heterocycles. The number of carbonyl (C=O) groups excluding carboxylic acids is 1. The van der Waals surface area contributed by atoms with E-state index in [2.05, 4.69) is 0 Å². The van der Waals surface area contributed by atoms with Gasteiger partial charge in [0.15, 0.2) is 17.5 Å². The van der Waals surface area contributed by atoms with E-state index in [4.69, 9.17) is 4.74 Å². The molecule has 0 radical (unpaired) electrons. The van der Waals surface area contributed by atoms with Crippen molar-refractivity contribution < 1.29 is 31.1 Å². The Kier molecular flexibility index (Phi) is 5.19. The van der Waals surface area contributed by atoms with E-state index >= 15 is 0 Å². The van der Waals surface area contributed by atoms with Crippen LogP contribution in [0.25, 0.3) is 0 Å². The number of hydrogen-bond acceptors (Lipinski definition) is 5. The Morgan fingerprint density at radius 1 is 1.25 bits per heavy atom. The summed E-state index contributed by atoms with van der Waals surface area (Å²) in [6.45, 7) is 3.23. The minimum absolute atomic E-state index is 0.0200. The number of nitrogens with one attached hydrogen (secondary N) is 1. The molecule has 130 valence electrons. The Labute approximate surface area is 140 Å². The molecule has 2 rings (SSSR count). The largest absolute Gasteiger partial charge is 0.462 e. The van der Waals surface area contributed by atoms with Crippen molar-refractivity contribution in [2.45, 2.75) is 18.7 Å². The molecule has 0 bridgehead atoms. The van der Waals surface area contributed by atoms with Crippen LogP contribution in [0.15, 0.2) is 22.4 Å². The van der Waals surface area contributed by atoms with Crippen LogP contribution in [0.5, 0.6) is 0 Å². The number of sulfonamides is 1. The lowest BCUT2D eigenvalue weighted by molar-refractivity contribution is 0.0527. The van der Waals surface area contributed by atoms with E-state index in [0.29, 0.717) is 17.7 Å². The summed E-state index contributed by atoms with van der Waals surface area (Å²) in [5.74, 6) is -6.00. The summed E-state index contributed by atoms with van der Waals surface area (Å²) >= 11 is 0.884. The number of anilines is 1. The first-order valence-corrected chi connectivity index (χ1v) is 8.96. The molecule has 0 atom stereocenters. The van der Waals surface area contributed by atoms with E-state index in [1.54, 1.807) is 13.8 Å². The summed E-state index contributed by atoms with van der Waals surface area (Å²) in [5, 5.41) is 1.40. The van der Waals surface area contributed by atoms with E-state index in [9.17, 15) is 26.4 Å². The highest BCUT2D eigenvalue weighted by atomic mass is 32.2. The molecule has 0 saturated carbocycles. The van der Waals surface area contributed by atoms with Gasteiger partial charge in [0.05, 0.1) is 12.2 Å². The highest BCUT2D eigenvalue weighted by Crippen LogP contribution is 2.31. The van der Waals surface area contributed by atoms with Crippen molar-refractivity contribution in [2.75, 3.05) is 11.3 Å². The molecule has 0 spiro atoms. The molecule has 0 unspecified atom stereocenters. The summed E-state index contributed by atoms with van der Waals surface area (Å²) in [5.41, 5.74) is 0.440. The molecule has 24 heavy (non-hydrogen) atoms. The third-order valence-electron chi connectivity index (χ3n) is 2.97. The van der Waals surface area contributed by atoms with Gasteiger partial charge in [-0.05, 0) is 36.9 Å². The number of benzene rings is 1. The van der Waals surface area contributed by atoms with Crippen LogP contribution in [0.1, 0.15) is 22.8 Å². The van der Waals surface area contributed by atoms with Crippen LogP contribution in [0, 0.1) is 24.4 Å². The number of ether oxygens (including phenoxy) is 1. The Bertz CT molecular complexity index is 894. The van der Waals surface area contributed by atoms with E-state index in [-0.39, 0.29) is 17.2 Å². The van der Waals surface area contributed by atoms with Crippen LogP contribution in [-0.2, 0) is 14.8 Å². The number of carbonyl (C=O) groups is 1. The van der Waals surface area contributed by atoms with Gasteiger partial charge in [-0.15, -0.1) is 11.3 Å². The van der Waals surface area contributed by atoms with Crippen LogP contribution in [0.2, 0.25) is 0 Å². The Morgan fingerprint density at radius 3 is 2.54 bits per heavy atom. The van der Waals surface area contributed by atoms with Gasteiger partial charge in [-0.1, -0.05) is 0 Å². The van der Waals surface area contributed by atoms with Crippen molar-refractivity contribution >= 4 is 32.3 Å². The fourth-order valence-corrected chi connectivity index (χ4v) is 4.19. The van der Waals surface area contributed by atoms with Crippen molar-refractivity contribution in [2.24, 2.45) is 0 Å². The zero-order valence-corrected chi connectivity index (χ0v) is 14.2. The zero-order chi connectivity index (χ0) is 18.1. The molecule has 0 aliphatic carbocycles. The molecular formula is C14H12F3NO4S2. The normalized spacial score (nSPS) is 11.4. The SMILES string of the molecule is CCOC(=O)c1c(C)csc1NS(=O)(=O)c1ccc(F)c(F)c1F. The maximum absolute atomic E-state index is 13.7. The van der Waals surface area contributed by atoms with Gasteiger partial charge in [-0.25, -0.2) is 26.4 Å². The molecule has 1 aromatic carbocycles. The molecule has 0 aliphatic rings. The smallest absolute Gasteiger partial charge is 0.341 e. The zero-order valence-electron chi connectivity index (χ0n) is 12.5. The average molecular weight is 379 g/mol. The fourth-order valence-electron chi connectivity index (χ4n) is 1.87. The number of halogens is 3. The van der Waals surface area contributed by atoms with Crippen LogP contribution in [-0.4, -0.2) is 21.0 Å². The molecular weight excluding hydrogens is 367 g/mol. The van der Waals surface area contributed by atoms with Gasteiger partial charge in [0.1, 0.15) is 9.90 Å². The van der Waals surface area contributed by atoms with Crippen molar-refractivity contribution in [1.29, 1.82) is 0 Å². The van der Waals surface area contributed by atoms with Crippen molar-refractivity contribution in [3.63, 3.8) is 0 Å². The summed E-state index contributed by atoms with van der Waals surface area (Å²) in [6, 6.07) is 1.10. The number of esters is 1. The highest BCUT2D eigenvalue weighted by Gasteiger charge is 2.27. The minimum atomic E-state index is -4.57. The summed E-state index contributed by atoms with van der Waals surface area (Å²) < 4.78 is 71.3. The molecule has 1 aromatic heterocycles. The average Bonchev–Trinajstić information content (AvgIpc) is 2.84. The van der Waals surface area contributed by atoms with E-state index < -0.39 is 38.3 Å². The second-order valence-electron chi connectivity index (χ2n) is 4.62. The second-order valence-corrected chi connectivity index (χ2v) is 7.15. The number of aryl methyl sites for hydroxylation is 1. The summed E-state index contributed by atoms with van der Waals surface area (Å²) in [4.78, 5) is 10.8. The lowest BCUT2D eigenvalue weighted by Gasteiger charge is -2.10. The van der Waals surface area contributed by atoms with Gasteiger partial charge in [-0.2, -0.15) is 0 Å². The number of thiophene rings is 1. The van der Waals surface area contributed by atoms with Crippen molar-refractivity contribution in [3.8, 4) is 0 Å². The van der Waals surface area contributed by atoms with Crippen LogP contribution < -0.4 is 4.72 Å². The predicted octanol–water partition coefficient (Wildman–Crippen LogP) is 3.45. The summed E-state index contributed by atoms with van der Waals surface area (Å²) in [6.07, 6.45) is 0. The third kappa shape index (κ3) is 3.39. The topological polar surface area (TPSA) is 72.5 Å². The van der Waals surface area contributed by atoms with Gasteiger partial charge >= 0.3 is 5.97 Å². The molecule has 1 N–H and O–H groups in total. The molecule has 0 aliphatic heterocycles. The molecule has 1 heterocycles. The van der Waals surface area contributed by atoms with Gasteiger partial charge in [0, 0.05) is 0 Å². The van der Waals surface area contributed by atoms with Gasteiger partial charge in [-0.3, -0.25) is 4.72 Å². The van der Waals surface area contributed by atoms with Crippen LogP contribution in [0.4, 0.5) is 18.2 Å². The minimum Gasteiger partial charge on any atom is -0.462 e. The molecule has 5 nitrogen and oxygen atoms in total. The molecule has 2 aromatic rings. The fraction of sp³-hybridized carbons (Fsp3) is 0.214. The van der Waals surface area contributed by atoms with Crippen molar-refractivity contribution in [1.82, 2.24) is 0 Å². The highest BCUT2D eigenvalue weighted by molar-refractivity contribution is 7.93. The maximum atomic E-state index is 13.7. The van der Waals surface area contributed by atoms with Gasteiger partial charge in [0.2, 0.25) is 0 Å². The first kappa shape index (κ1) is 18.3. The van der Waals surface area contributed by atoms with Gasteiger partial charge in [0.25, 0.3) is 10.0 Å². The predicted molar refractivity (Wildman–Crippen MR) is 82.1 cm³/mol. The maximum Gasteiger partial charge on any atom is 0.341 e. The monoisotopic (exact) mass is 379 g/mol. The molecule has 0 amide bonds. The van der Waals surface area contributed by atoms with Crippen LogP contribution in [0.3, 0.4) is 0 Å². The lowest BCUT2D eigenvalue weighted by Crippen LogP contribution is -2.17. The molecule has 0 fully saturated rings. The summed E-state index contributed by atoms with van der Waals surface area (Å²) in [7, 11) is -4.57.